The lowest BCUT2D eigenvalue weighted by molar-refractivity contribution is -0.923. The average molecular weight is 575 g/mol. The van der Waals surface area contributed by atoms with E-state index in [-0.39, 0.29) is 17.0 Å². The summed E-state index contributed by atoms with van der Waals surface area (Å²) < 4.78 is 1.33. The molecule has 0 saturated heterocycles. The SMILES string of the molecule is CCCCCCCCCCCCCCCCCCCCCCCCCCCC[N+](CC)(CC)CC.[Br-]. The second kappa shape index (κ2) is 31.7. The highest BCUT2D eigenvalue weighted by molar-refractivity contribution is 4.52. The molecule has 0 aliphatic rings. The zero-order chi connectivity index (χ0) is 25.7. The third-order valence-corrected chi connectivity index (χ3v) is 9.00. The molecule has 0 radical (unpaired) electrons. The summed E-state index contributed by atoms with van der Waals surface area (Å²) in [6, 6.07) is 0. The van der Waals surface area contributed by atoms with Crippen molar-refractivity contribution in [3.8, 4) is 0 Å². The average Bonchev–Trinajstić information content (AvgIpc) is 2.89. The Bertz CT molecular complexity index is 371. The van der Waals surface area contributed by atoms with Crippen LogP contribution in [0.4, 0.5) is 0 Å². The zero-order valence-corrected chi connectivity index (χ0v) is 27.6. The minimum atomic E-state index is 0. The minimum Gasteiger partial charge on any atom is -1.00 e. The number of hydrogen-bond acceptors (Lipinski definition) is 0. The summed E-state index contributed by atoms with van der Waals surface area (Å²) >= 11 is 0. The van der Waals surface area contributed by atoms with Crippen LogP contribution in [0.5, 0.6) is 0 Å². The van der Waals surface area contributed by atoms with Gasteiger partial charge < -0.3 is 21.5 Å². The Kier molecular flexibility index (Phi) is 33.9. The van der Waals surface area contributed by atoms with Crippen molar-refractivity contribution in [2.75, 3.05) is 26.2 Å². The Morgan fingerprint density at radius 1 is 0.278 bits per heavy atom. The highest BCUT2D eigenvalue weighted by atomic mass is 79.9. The van der Waals surface area contributed by atoms with E-state index in [1.807, 2.05) is 0 Å². The van der Waals surface area contributed by atoms with Crippen LogP contribution >= 0.6 is 0 Å². The summed E-state index contributed by atoms with van der Waals surface area (Å²) in [7, 11) is 0. The van der Waals surface area contributed by atoms with Gasteiger partial charge >= 0.3 is 0 Å². The van der Waals surface area contributed by atoms with Crippen LogP contribution in [0.25, 0.3) is 0 Å². The van der Waals surface area contributed by atoms with E-state index in [1.165, 1.54) is 198 Å². The van der Waals surface area contributed by atoms with E-state index in [4.69, 9.17) is 0 Å². The summed E-state index contributed by atoms with van der Waals surface area (Å²) in [5.74, 6) is 0. The van der Waals surface area contributed by atoms with Gasteiger partial charge in [0.25, 0.3) is 0 Å². The molecule has 0 N–H and O–H groups in total. The van der Waals surface area contributed by atoms with E-state index in [9.17, 15) is 0 Å². The fraction of sp³-hybridized carbons (Fsp3) is 1.00. The molecule has 0 atom stereocenters. The molecule has 0 aliphatic carbocycles. The molecule has 0 aromatic carbocycles. The van der Waals surface area contributed by atoms with Crippen molar-refractivity contribution in [2.24, 2.45) is 0 Å². The molecule has 1 nitrogen and oxygen atoms in total. The van der Waals surface area contributed by atoms with Gasteiger partial charge in [0.05, 0.1) is 26.2 Å². The first kappa shape index (κ1) is 38.6. The molecule has 0 rings (SSSR count). The zero-order valence-electron chi connectivity index (χ0n) is 26.0. The molecule has 0 spiro atoms. The number of unbranched alkanes of at least 4 members (excludes halogenated alkanes) is 25. The van der Waals surface area contributed by atoms with Crippen LogP contribution in [0.15, 0.2) is 0 Å². The van der Waals surface area contributed by atoms with Crippen molar-refractivity contribution in [1.29, 1.82) is 0 Å². The molecular formula is C34H72BrN. The molecule has 0 aromatic rings. The molecule has 220 valence electrons. The highest BCUT2D eigenvalue weighted by Gasteiger charge is 2.19. The first-order valence-electron chi connectivity index (χ1n) is 17.1. The van der Waals surface area contributed by atoms with Gasteiger partial charge in [-0.25, -0.2) is 0 Å². The Morgan fingerprint density at radius 3 is 0.667 bits per heavy atom. The van der Waals surface area contributed by atoms with Gasteiger partial charge in [-0.3, -0.25) is 0 Å². The monoisotopic (exact) mass is 573 g/mol. The number of halogens is 1. The number of rotatable bonds is 30. The first-order chi connectivity index (χ1) is 17.2. The van der Waals surface area contributed by atoms with Crippen LogP contribution in [0.2, 0.25) is 0 Å². The van der Waals surface area contributed by atoms with Gasteiger partial charge in [0.15, 0.2) is 0 Å². The van der Waals surface area contributed by atoms with Crippen LogP contribution in [0.1, 0.15) is 195 Å². The van der Waals surface area contributed by atoms with Crippen LogP contribution in [0.3, 0.4) is 0 Å². The summed E-state index contributed by atoms with van der Waals surface area (Å²) in [6.45, 7) is 14.8. The highest BCUT2D eigenvalue weighted by Crippen LogP contribution is 2.16. The Hall–Kier alpha value is 0.440. The topological polar surface area (TPSA) is 0 Å². The first-order valence-corrected chi connectivity index (χ1v) is 17.1. The van der Waals surface area contributed by atoms with Crippen molar-refractivity contribution in [3.05, 3.63) is 0 Å². The molecule has 0 saturated carbocycles. The molecule has 0 aliphatic heterocycles. The van der Waals surface area contributed by atoms with E-state index in [1.54, 1.807) is 0 Å². The van der Waals surface area contributed by atoms with Gasteiger partial charge in [-0.15, -0.1) is 0 Å². The van der Waals surface area contributed by atoms with Gasteiger partial charge in [-0.2, -0.15) is 0 Å². The fourth-order valence-electron chi connectivity index (χ4n) is 5.91. The Morgan fingerprint density at radius 2 is 0.472 bits per heavy atom. The lowest BCUT2D eigenvalue weighted by Gasteiger charge is -2.35. The van der Waals surface area contributed by atoms with E-state index < -0.39 is 0 Å². The molecule has 36 heavy (non-hydrogen) atoms. The predicted molar refractivity (Wildman–Crippen MR) is 162 cm³/mol. The number of nitrogens with zero attached hydrogens (tertiary/aromatic N) is 1. The van der Waals surface area contributed by atoms with E-state index in [0.29, 0.717) is 0 Å². The lowest BCUT2D eigenvalue weighted by Crippen LogP contribution is -3.00. The summed E-state index contributed by atoms with van der Waals surface area (Å²) in [6.07, 6.45) is 38.4. The van der Waals surface area contributed by atoms with E-state index >= 15 is 0 Å². The van der Waals surface area contributed by atoms with Crippen LogP contribution in [-0.2, 0) is 0 Å². The maximum absolute atomic E-state index is 2.37. The van der Waals surface area contributed by atoms with Crippen LogP contribution < -0.4 is 17.0 Å². The smallest absolute Gasteiger partial charge is 0.0786 e. The molecule has 0 heterocycles. The number of quaternary nitrogens is 1. The molecule has 0 unspecified atom stereocenters. The quantitative estimate of drug-likeness (QED) is 0.0593. The van der Waals surface area contributed by atoms with Gasteiger partial charge in [0, 0.05) is 0 Å². The van der Waals surface area contributed by atoms with E-state index in [2.05, 4.69) is 27.7 Å². The standard InChI is InChI=1S/C34H72N.BrH/c1-5-9-10-11-12-13-14-15-16-17-18-19-20-21-22-23-24-25-26-27-28-29-30-31-32-33-34-35(6-2,7-3)8-4;/h5-34H2,1-4H3;1H/q+1;/p-1. The molecule has 0 amide bonds. The van der Waals surface area contributed by atoms with Gasteiger partial charge in [-0.05, 0) is 33.6 Å². The van der Waals surface area contributed by atoms with Crippen molar-refractivity contribution in [2.45, 2.75) is 195 Å². The molecule has 0 aromatic heterocycles. The predicted octanol–water partition coefficient (Wildman–Crippen LogP) is 9.03. The second-order valence-electron chi connectivity index (χ2n) is 11.9. The van der Waals surface area contributed by atoms with E-state index in [0.717, 1.165) is 0 Å². The minimum absolute atomic E-state index is 0. The third-order valence-electron chi connectivity index (χ3n) is 9.00. The second-order valence-corrected chi connectivity index (χ2v) is 11.9. The van der Waals surface area contributed by atoms with Crippen LogP contribution in [0, 0.1) is 0 Å². The van der Waals surface area contributed by atoms with Gasteiger partial charge in [0.1, 0.15) is 0 Å². The molecule has 0 fully saturated rings. The number of hydrogen-bond donors (Lipinski definition) is 0. The van der Waals surface area contributed by atoms with Gasteiger partial charge in [-0.1, -0.05) is 161 Å². The molecule has 2 heteroatoms. The molecule has 0 bridgehead atoms. The summed E-state index contributed by atoms with van der Waals surface area (Å²) in [4.78, 5) is 0. The largest absolute Gasteiger partial charge is 1.00 e. The third kappa shape index (κ3) is 26.1. The van der Waals surface area contributed by atoms with Crippen molar-refractivity contribution in [1.82, 2.24) is 0 Å². The van der Waals surface area contributed by atoms with Crippen LogP contribution in [-0.4, -0.2) is 30.7 Å². The molecular weight excluding hydrogens is 502 g/mol. The van der Waals surface area contributed by atoms with Crippen molar-refractivity contribution < 1.29 is 21.5 Å². The normalized spacial score (nSPS) is 11.7. The van der Waals surface area contributed by atoms with Crippen molar-refractivity contribution in [3.63, 3.8) is 0 Å². The van der Waals surface area contributed by atoms with Gasteiger partial charge in [0.2, 0.25) is 0 Å². The van der Waals surface area contributed by atoms with Crippen molar-refractivity contribution >= 4 is 0 Å². The maximum atomic E-state index is 2.37. The Labute approximate surface area is 241 Å². The lowest BCUT2D eigenvalue weighted by atomic mass is 10.0. The summed E-state index contributed by atoms with van der Waals surface area (Å²) in [5.41, 5.74) is 0. The maximum Gasteiger partial charge on any atom is 0.0786 e. The summed E-state index contributed by atoms with van der Waals surface area (Å²) in [5, 5.41) is 0. The Balaban J connectivity index is 0. The fourth-order valence-corrected chi connectivity index (χ4v) is 5.91.